The van der Waals surface area contributed by atoms with Crippen molar-refractivity contribution in [2.75, 3.05) is 13.2 Å². The summed E-state index contributed by atoms with van der Waals surface area (Å²) in [5.74, 6) is -0.846. The van der Waals surface area contributed by atoms with Gasteiger partial charge >= 0.3 is 11.9 Å². The van der Waals surface area contributed by atoms with Gasteiger partial charge < -0.3 is 9.47 Å². The Balaban J connectivity index is 2.43. The predicted molar refractivity (Wildman–Crippen MR) is 26.5 cm³/mol. The summed E-state index contributed by atoms with van der Waals surface area (Å²) in [6, 6.07) is 0. The summed E-state index contributed by atoms with van der Waals surface area (Å²) >= 11 is 0. The highest BCUT2D eigenvalue weighted by Crippen LogP contribution is 1.94. The Morgan fingerprint density at radius 2 is 1.89 bits per heavy atom. The van der Waals surface area contributed by atoms with E-state index < -0.39 is 5.97 Å². The fourth-order valence-corrected chi connectivity index (χ4v) is 0.501. The summed E-state index contributed by atoms with van der Waals surface area (Å²) in [6.45, 7) is -0.0868. The van der Waals surface area contributed by atoms with E-state index in [4.69, 9.17) is 0 Å². The number of hydrogen-bond acceptors (Lipinski definition) is 4. The molecule has 0 N–H and O–H groups in total. The average molecular weight is 130 g/mol. The van der Waals surface area contributed by atoms with Gasteiger partial charge in [0.15, 0.2) is 6.61 Å². The van der Waals surface area contributed by atoms with E-state index in [1.165, 1.54) is 0 Å². The van der Waals surface area contributed by atoms with Gasteiger partial charge in [0, 0.05) is 0 Å². The number of rotatable bonds is 0. The lowest BCUT2D eigenvalue weighted by atomic mass is 10.5. The minimum Gasteiger partial charge on any atom is -0.463 e. The van der Waals surface area contributed by atoms with Gasteiger partial charge in [0.25, 0.3) is 0 Å². The molecule has 9 heavy (non-hydrogen) atoms. The van der Waals surface area contributed by atoms with E-state index in [2.05, 4.69) is 9.47 Å². The largest absolute Gasteiger partial charge is 0.463 e. The van der Waals surface area contributed by atoms with Crippen molar-refractivity contribution >= 4 is 11.9 Å². The molecule has 0 aromatic rings. The molecule has 1 heterocycles. The van der Waals surface area contributed by atoms with E-state index in [0.29, 0.717) is 0 Å². The third-order valence-corrected chi connectivity index (χ3v) is 0.920. The molecule has 0 unspecified atom stereocenters. The van der Waals surface area contributed by atoms with Crippen LogP contribution in [-0.2, 0) is 19.1 Å². The fourth-order valence-electron chi connectivity index (χ4n) is 0.501. The maximum Gasteiger partial charge on any atom is 0.344 e. The lowest BCUT2D eigenvalue weighted by molar-refractivity contribution is -0.151. The quantitative estimate of drug-likeness (QED) is 0.414. The van der Waals surface area contributed by atoms with Gasteiger partial charge in [-0.1, -0.05) is 0 Å². The molecule has 0 aliphatic carbocycles. The molecule has 1 aliphatic rings. The first-order chi connectivity index (χ1) is 4.29. The number of hydrogen-bond donors (Lipinski definition) is 0. The van der Waals surface area contributed by atoms with Crippen LogP contribution in [0.5, 0.6) is 0 Å². The zero-order valence-electron chi connectivity index (χ0n) is 4.75. The second kappa shape index (κ2) is 2.48. The minimum atomic E-state index is -0.471. The summed E-state index contributed by atoms with van der Waals surface area (Å²) in [5, 5.41) is 0. The first-order valence-electron chi connectivity index (χ1n) is 2.60. The van der Waals surface area contributed by atoms with Crippen LogP contribution in [-0.4, -0.2) is 25.2 Å². The van der Waals surface area contributed by atoms with Crippen LogP contribution in [0.25, 0.3) is 0 Å². The monoisotopic (exact) mass is 130 g/mol. The van der Waals surface area contributed by atoms with Crippen LogP contribution in [0.4, 0.5) is 0 Å². The molecule has 50 valence electrons. The summed E-state index contributed by atoms with van der Waals surface area (Å²) in [7, 11) is 0. The van der Waals surface area contributed by atoms with Gasteiger partial charge in [-0.3, -0.25) is 4.79 Å². The Morgan fingerprint density at radius 3 is 2.67 bits per heavy atom. The van der Waals surface area contributed by atoms with E-state index in [0.717, 1.165) is 0 Å². The summed E-state index contributed by atoms with van der Waals surface area (Å²) in [4.78, 5) is 20.7. The molecule has 4 heteroatoms. The summed E-state index contributed by atoms with van der Waals surface area (Å²) in [6.07, 6.45) is 0.172. The number of carbonyl (C=O) groups excluding carboxylic acids is 2. The molecule has 1 rings (SSSR count). The molecular weight excluding hydrogens is 124 g/mol. The third kappa shape index (κ3) is 1.71. The van der Waals surface area contributed by atoms with Crippen molar-refractivity contribution in [1.29, 1.82) is 0 Å². The van der Waals surface area contributed by atoms with Gasteiger partial charge in [-0.05, 0) is 0 Å². The molecule has 0 aromatic carbocycles. The van der Waals surface area contributed by atoms with Crippen LogP contribution in [0.15, 0.2) is 0 Å². The fraction of sp³-hybridized carbons (Fsp3) is 0.600. The maximum atomic E-state index is 10.4. The molecule has 0 atom stereocenters. The molecule has 0 radical (unpaired) electrons. The number of carbonyl (C=O) groups is 2. The molecule has 0 aromatic heterocycles. The van der Waals surface area contributed by atoms with Crippen LogP contribution < -0.4 is 0 Å². The summed E-state index contributed by atoms with van der Waals surface area (Å²) in [5.41, 5.74) is 0. The Kier molecular flexibility index (Phi) is 1.67. The minimum absolute atomic E-state index is 0.150. The van der Waals surface area contributed by atoms with Crippen LogP contribution in [0.3, 0.4) is 0 Å². The normalized spacial score (nSPS) is 20.0. The zero-order valence-corrected chi connectivity index (χ0v) is 4.75. The van der Waals surface area contributed by atoms with Gasteiger partial charge in [0.2, 0.25) is 0 Å². The van der Waals surface area contributed by atoms with Gasteiger partial charge in [-0.25, -0.2) is 4.79 Å². The van der Waals surface area contributed by atoms with Crippen molar-refractivity contribution in [3.63, 3.8) is 0 Å². The first-order valence-corrected chi connectivity index (χ1v) is 2.60. The van der Waals surface area contributed by atoms with Gasteiger partial charge in [0.05, 0.1) is 6.42 Å². The van der Waals surface area contributed by atoms with Crippen LogP contribution in [0.1, 0.15) is 6.42 Å². The van der Waals surface area contributed by atoms with Gasteiger partial charge in [-0.15, -0.1) is 0 Å². The molecule has 0 saturated carbocycles. The molecule has 0 bridgehead atoms. The second-order valence-corrected chi connectivity index (χ2v) is 1.63. The number of cyclic esters (lactones) is 2. The predicted octanol–water partition coefficient (Wildman–Crippen LogP) is -0.524. The smallest absolute Gasteiger partial charge is 0.344 e. The highest BCUT2D eigenvalue weighted by Gasteiger charge is 2.13. The van der Waals surface area contributed by atoms with E-state index >= 15 is 0 Å². The van der Waals surface area contributed by atoms with Crippen LogP contribution >= 0.6 is 0 Å². The lowest BCUT2D eigenvalue weighted by Gasteiger charge is -1.92. The molecule has 0 spiro atoms. The maximum absolute atomic E-state index is 10.4. The SMILES string of the molecule is O=C1CCOC(=O)CO1. The molecule has 1 saturated heterocycles. The zero-order chi connectivity index (χ0) is 6.69. The third-order valence-electron chi connectivity index (χ3n) is 0.920. The molecule has 0 amide bonds. The Labute approximate surface area is 51.7 Å². The van der Waals surface area contributed by atoms with Gasteiger partial charge in [-0.2, -0.15) is 0 Å². The van der Waals surface area contributed by atoms with Crippen molar-refractivity contribution in [2.24, 2.45) is 0 Å². The van der Waals surface area contributed by atoms with Crippen molar-refractivity contribution in [1.82, 2.24) is 0 Å². The highest BCUT2D eigenvalue weighted by atomic mass is 16.6. The first kappa shape index (κ1) is 6.07. The Bertz CT molecular complexity index is 124. The average Bonchev–Trinajstić information content (AvgIpc) is 1.97. The van der Waals surface area contributed by atoms with Crippen LogP contribution in [0.2, 0.25) is 0 Å². The van der Waals surface area contributed by atoms with E-state index in [1.54, 1.807) is 0 Å². The molecular formula is C5H6O4. The van der Waals surface area contributed by atoms with Crippen molar-refractivity contribution in [2.45, 2.75) is 6.42 Å². The molecule has 4 nitrogen and oxygen atoms in total. The number of ether oxygens (including phenoxy) is 2. The summed E-state index contributed by atoms with van der Waals surface area (Å²) < 4.78 is 8.89. The highest BCUT2D eigenvalue weighted by molar-refractivity contribution is 5.78. The van der Waals surface area contributed by atoms with E-state index in [-0.39, 0.29) is 25.6 Å². The van der Waals surface area contributed by atoms with Crippen molar-refractivity contribution < 1.29 is 19.1 Å². The lowest BCUT2D eigenvalue weighted by Crippen LogP contribution is -2.08. The standard InChI is InChI=1S/C5H6O4/c6-4-1-2-8-5(7)3-9-4/h1-3H2. The topological polar surface area (TPSA) is 52.6 Å². The Hall–Kier alpha value is -1.06. The number of esters is 2. The second-order valence-electron chi connectivity index (χ2n) is 1.63. The molecule has 1 fully saturated rings. The van der Waals surface area contributed by atoms with Gasteiger partial charge in [0.1, 0.15) is 6.61 Å². The Morgan fingerprint density at radius 1 is 1.11 bits per heavy atom. The van der Waals surface area contributed by atoms with Crippen molar-refractivity contribution in [3.8, 4) is 0 Å². The van der Waals surface area contributed by atoms with E-state index in [1.807, 2.05) is 0 Å². The van der Waals surface area contributed by atoms with E-state index in [9.17, 15) is 9.59 Å². The molecule has 1 aliphatic heterocycles. The van der Waals surface area contributed by atoms with Crippen molar-refractivity contribution in [3.05, 3.63) is 0 Å². The van der Waals surface area contributed by atoms with Crippen LogP contribution in [0, 0.1) is 0 Å².